The van der Waals surface area contributed by atoms with Crippen molar-refractivity contribution in [3.8, 4) is 0 Å². The second-order valence-corrected chi connectivity index (χ2v) is 7.64. The number of benzene rings is 2. The summed E-state index contributed by atoms with van der Waals surface area (Å²) < 4.78 is 24.5. The van der Waals surface area contributed by atoms with Crippen LogP contribution >= 0.6 is 11.6 Å². The van der Waals surface area contributed by atoms with Crippen LogP contribution < -0.4 is 5.32 Å². The van der Waals surface area contributed by atoms with Gasteiger partial charge in [0.1, 0.15) is 0 Å². The van der Waals surface area contributed by atoms with Gasteiger partial charge in [0, 0.05) is 11.6 Å². The van der Waals surface area contributed by atoms with E-state index in [1.54, 1.807) is 31.2 Å². The van der Waals surface area contributed by atoms with Gasteiger partial charge in [0.2, 0.25) is 0 Å². The maximum absolute atomic E-state index is 12.4. The molecule has 0 fully saturated rings. The van der Waals surface area contributed by atoms with Crippen molar-refractivity contribution in [2.45, 2.75) is 24.8 Å². The van der Waals surface area contributed by atoms with Crippen LogP contribution in [0.25, 0.3) is 0 Å². The lowest BCUT2D eigenvalue weighted by molar-refractivity contribution is 0.0947. The monoisotopic (exact) mass is 351 g/mol. The molecule has 0 aliphatic rings. The fourth-order valence-corrected chi connectivity index (χ4v) is 3.85. The van der Waals surface area contributed by atoms with E-state index in [0.717, 1.165) is 5.56 Å². The van der Waals surface area contributed by atoms with Gasteiger partial charge in [-0.1, -0.05) is 42.8 Å². The molecule has 0 radical (unpaired) electrons. The Hall–Kier alpha value is -1.85. The Morgan fingerprint density at radius 3 is 2.39 bits per heavy atom. The molecule has 2 aromatic rings. The Balaban J connectivity index is 2.18. The van der Waals surface area contributed by atoms with Crippen molar-refractivity contribution in [1.82, 2.24) is 5.32 Å². The number of nitrogens with one attached hydrogen (secondary N) is 1. The van der Waals surface area contributed by atoms with Gasteiger partial charge in [-0.05, 0) is 36.2 Å². The fraction of sp³-hybridized carbons (Fsp3) is 0.235. The molecule has 0 heterocycles. The molecule has 0 aliphatic heterocycles. The molecule has 0 aromatic heterocycles. The summed E-state index contributed by atoms with van der Waals surface area (Å²) in [5.74, 6) is -0.385. The molecule has 0 bridgehead atoms. The first kappa shape index (κ1) is 17.5. The molecular formula is C17H18ClNO3S. The summed E-state index contributed by atoms with van der Waals surface area (Å²) in [5, 5.41) is 3.36. The normalized spacial score (nSPS) is 11.2. The molecule has 0 saturated heterocycles. The first-order valence-corrected chi connectivity index (χ1v) is 9.31. The average molecular weight is 352 g/mol. The van der Waals surface area contributed by atoms with E-state index in [9.17, 15) is 13.2 Å². The highest BCUT2D eigenvalue weighted by Gasteiger charge is 2.21. The topological polar surface area (TPSA) is 63.2 Å². The maximum Gasteiger partial charge on any atom is 0.252 e. The molecule has 0 saturated carbocycles. The first-order valence-electron chi connectivity index (χ1n) is 7.28. The molecule has 1 amide bonds. The quantitative estimate of drug-likeness (QED) is 0.866. The van der Waals surface area contributed by atoms with E-state index in [1.807, 2.05) is 12.1 Å². The molecule has 4 nitrogen and oxygen atoms in total. The summed E-state index contributed by atoms with van der Waals surface area (Å²) in [7, 11) is -3.45. The van der Waals surface area contributed by atoms with Gasteiger partial charge in [-0.3, -0.25) is 4.79 Å². The lowest BCUT2D eigenvalue weighted by atomic mass is 10.2. The Kier molecular flexibility index (Phi) is 5.80. The zero-order valence-electron chi connectivity index (χ0n) is 12.8. The molecule has 122 valence electrons. The van der Waals surface area contributed by atoms with E-state index in [2.05, 4.69) is 5.32 Å². The van der Waals surface area contributed by atoms with Crippen molar-refractivity contribution >= 4 is 27.3 Å². The van der Waals surface area contributed by atoms with Crippen molar-refractivity contribution in [2.75, 3.05) is 5.75 Å². The van der Waals surface area contributed by atoms with E-state index in [-0.39, 0.29) is 16.2 Å². The lowest BCUT2D eigenvalue weighted by Crippen LogP contribution is -2.25. The van der Waals surface area contributed by atoms with Crippen LogP contribution in [0, 0.1) is 0 Å². The highest BCUT2D eigenvalue weighted by molar-refractivity contribution is 7.91. The Bertz CT molecular complexity index is 786. The zero-order valence-corrected chi connectivity index (χ0v) is 14.3. The third kappa shape index (κ3) is 4.56. The summed E-state index contributed by atoms with van der Waals surface area (Å²) >= 11 is 5.82. The van der Waals surface area contributed by atoms with E-state index < -0.39 is 15.7 Å². The smallest absolute Gasteiger partial charge is 0.252 e. The molecule has 6 heteroatoms. The van der Waals surface area contributed by atoms with Crippen molar-refractivity contribution in [1.29, 1.82) is 0 Å². The minimum Gasteiger partial charge on any atom is -0.348 e. The largest absolute Gasteiger partial charge is 0.348 e. The molecular weight excluding hydrogens is 334 g/mol. The predicted molar refractivity (Wildman–Crippen MR) is 91.4 cm³/mol. The second-order valence-electron chi connectivity index (χ2n) is 5.12. The van der Waals surface area contributed by atoms with Crippen LogP contribution in [-0.4, -0.2) is 20.1 Å². The lowest BCUT2D eigenvalue weighted by Gasteiger charge is -2.10. The number of hydrogen-bond acceptors (Lipinski definition) is 3. The highest BCUT2D eigenvalue weighted by atomic mass is 35.5. The number of carbonyl (C=O) groups excluding carboxylic acids is 1. The number of halogens is 1. The predicted octanol–water partition coefficient (Wildman–Crippen LogP) is 3.45. The summed E-state index contributed by atoms with van der Waals surface area (Å²) in [6, 6.07) is 13.4. The number of rotatable bonds is 6. The summed E-state index contributed by atoms with van der Waals surface area (Å²) in [6.07, 6.45) is 0.503. The molecule has 0 unspecified atom stereocenters. The molecule has 2 aromatic carbocycles. The van der Waals surface area contributed by atoms with Gasteiger partial charge < -0.3 is 5.32 Å². The van der Waals surface area contributed by atoms with E-state index in [4.69, 9.17) is 11.6 Å². The minimum atomic E-state index is -3.45. The maximum atomic E-state index is 12.4. The second kappa shape index (κ2) is 7.62. The van der Waals surface area contributed by atoms with Crippen molar-refractivity contribution in [3.05, 3.63) is 64.7 Å². The van der Waals surface area contributed by atoms with Crippen molar-refractivity contribution in [3.63, 3.8) is 0 Å². The van der Waals surface area contributed by atoms with Gasteiger partial charge in [0.05, 0.1) is 16.2 Å². The number of sulfone groups is 1. The van der Waals surface area contributed by atoms with E-state index >= 15 is 0 Å². The average Bonchev–Trinajstić information content (AvgIpc) is 2.54. The van der Waals surface area contributed by atoms with Crippen LogP contribution in [0.1, 0.15) is 29.3 Å². The van der Waals surface area contributed by atoms with E-state index in [1.165, 1.54) is 12.1 Å². The number of hydrogen-bond donors (Lipinski definition) is 1. The van der Waals surface area contributed by atoms with Gasteiger partial charge in [-0.25, -0.2) is 8.42 Å². The Morgan fingerprint density at radius 1 is 1.09 bits per heavy atom. The SMILES string of the molecule is CCCS(=O)(=O)c1ccccc1C(=O)NCc1ccc(Cl)cc1. The Morgan fingerprint density at radius 2 is 1.74 bits per heavy atom. The van der Waals surface area contributed by atoms with Gasteiger partial charge in [0.25, 0.3) is 5.91 Å². The number of amides is 1. The third-order valence-corrected chi connectivity index (χ3v) is 5.53. The molecule has 23 heavy (non-hydrogen) atoms. The van der Waals surface area contributed by atoms with Gasteiger partial charge in [0.15, 0.2) is 9.84 Å². The standard InChI is InChI=1S/C17H18ClNO3S/c1-2-11-23(21,22)16-6-4-3-5-15(16)17(20)19-12-13-7-9-14(18)10-8-13/h3-10H,2,11-12H2,1H3,(H,19,20). The van der Waals surface area contributed by atoms with Crippen LogP contribution in [0.2, 0.25) is 5.02 Å². The molecule has 0 aliphatic carbocycles. The van der Waals surface area contributed by atoms with Crippen LogP contribution in [0.3, 0.4) is 0 Å². The van der Waals surface area contributed by atoms with Gasteiger partial charge in [-0.2, -0.15) is 0 Å². The molecule has 1 N–H and O–H groups in total. The van der Waals surface area contributed by atoms with Gasteiger partial charge in [-0.15, -0.1) is 0 Å². The third-order valence-electron chi connectivity index (χ3n) is 3.31. The van der Waals surface area contributed by atoms with Crippen LogP contribution in [0.15, 0.2) is 53.4 Å². The highest BCUT2D eigenvalue weighted by Crippen LogP contribution is 2.18. The van der Waals surface area contributed by atoms with Crippen molar-refractivity contribution in [2.24, 2.45) is 0 Å². The zero-order chi connectivity index (χ0) is 16.9. The summed E-state index contributed by atoms with van der Waals surface area (Å²) in [4.78, 5) is 12.4. The van der Waals surface area contributed by atoms with Gasteiger partial charge >= 0.3 is 0 Å². The van der Waals surface area contributed by atoms with Crippen LogP contribution in [0.5, 0.6) is 0 Å². The number of carbonyl (C=O) groups is 1. The minimum absolute atomic E-state index is 0.0223. The fourth-order valence-electron chi connectivity index (χ4n) is 2.18. The first-order chi connectivity index (χ1) is 10.9. The summed E-state index contributed by atoms with van der Waals surface area (Å²) in [6.45, 7) is 2.10. The Labute approximate surface area is 141 Å². The van der Waals surface area contributed by atoms with Crippen LogP contribution in [0.4, 0.5) is 0 Å². The van der Waals surface area contributed by atoms with Crippen LogP contribution in [-0.2, 0) is 16.4 Å². The van der Waals surface area contributed by atoms with E-state index in [0.29, 0.717) is 18.0 Å². The summed E-state index contributed by atoms with van der Waals surface area (Å²) in [5.41, 5.74) is 1.06. The van der Waals surface area contributed by atoms with Crippen molar-refractivity contribution < 1.29 is 13.2 Å². The molecule has 0 spiro atoms. The molecule has 0 atom stereocenters. The molecule has 2 rings (SSSR count).